The summed E-state index contributed by atoms with van der Waals surface area (Å²) >= 11 is 0. The van der Waals surface area contributed by atoms with Crippen molar-refractivity contribution in [3.63, 3.8) is 0 Å². The molecule has 0 amide bonds. The molecule has 0 bridgehead atoms. The highest BCUT2D eigenvalue weighted by Crippen LogP contribution is 2.05. The van der Waals surface area contributed by atoms with Gasteiger partial charge in [-0.2, -0.15) is 0 Å². The van der Waals surface area contributed by atoms with Crippen molar-refractivity contribution in [3.8, 4) is 0 Å². The van der Waals surface area contributed by atoms with Gasteiger partial charge in [0.25, 0.3) is 0 Å². The summed E-state index contributed by atoms with van der Waals surface area (Å²) in [7, 11) is 0. The van der Waals surface area contributed by atoms with E-state index in [4.69, 9.17) is 5.11 Å². The summed E-state index contributed by atoms with van der Waals surface area (Å²) in [5, 5.41) is 8.83. The van der Waals surface area contributed by atoms with Gasteiger partial charge in [-0.15, -0.1) is 0 Å². The van der Waals surface area contributed by atoms with E-state index in [1.807, 2.05) is 0 Å². The molecular weight excluding hydrogens is 154 g/mol. The Balaban J connectivity index is 3.15. The van der Waals surface area contributed by atoms with Gasteiger partial charge in [0.2, 0.25) is 0 Å². The molecule has 64 valence electrons. The Labute approximate surface area is 71.1 Å². The molecular formula is C9H11NO2. The zero-order valence-electron chi connectivity index (χ0n) is 7.16. The van der Waals surface area contributed by atoms with Crippen molar-refractivity contribution >= 4 is 5.78 Å². The lowest BCUT2D eigenvalue weighted by atomic mass is 10.2. The Kier molecular flexibility index (Phi) is 2.55. The van der Waals surface area contributed by atoms with Crippen LogP contribution in [-0.2, 0) is 6.61 Å². The van der Waals surface area contributed by atoms with E-state index in [2.05, 4.69) is 4.98 Å². The van der Waals surface area contributed by atoms with E-state index < -0.39 is 0 Å². The first-order chi connectivity index (χ1) is 5.63. The fourth-order valence-corrected chi connectivity index (χ4v) is 1.01. The van der Waals surface area contributed by atoms with E-state index in [9.17, 15) is 4.79 Å². The summed E-state index contributed by atoms with van der Waals surface area (Å²) < 4.78 is 0. The van der Waals surface area contributed by atoms with E-state index in [0.29, 0.717) is 5.69 Å². The maximum atomic E-state index is 10.9. The number of aliphatic hydroxyl groups excluding tert-OH is 1. The number of Topliss-reactive ketones (excluding diaryl/α,β-unsaturated/α-hetero) is 1. The van der Waals surface area contributed by atoms with Crippen LogP contribution < -0.4 is 0 Å². The largest absolute Gasteiger partial charge is 0.392 e. The third-order valence-electron chi connectivity index (χ3n) is 1.56. The van der Waals surface area contributed by atoms with Crippen LogP contribution in [0, 0.1) is 6.92 Å². The Bertz CT molecular complexity index is 307. The first-order valence-electron chi connectivity index (χ1n) is 3.73. The zero-order chi connectivity index (χ0) is 9.14. The molecule has 0 fully saturated rings. The first kappa shape index (κ1) is 8.87. The number of aryl methyl sites for hydroxylation is 1. The number of aliphatic hydroxyl groups is 1. The van der Waals surface area contributed by atoms with Crippen LogP contribution in [0.25, 0.3) is 0 Å². The van der Waals surface area contributed by atoms with Gasteiger partial charge in [-0.05, 0) is 24.6 Å². The van der Waals surface area contributed by atoms with Crippen LogP contribution >= 0.6 is 0 Å². The normalized spacial score (nSPS) is 9.92. The van der Waals surface area contributed by atoms with Crippen molar-refractivity contribution in [2.24, 2.45) is 0 Å². The van der Waals surface area contributed by atoms with Gasteiger partial charge in [0.15, 0.2) is 5.78 Å². The number of hydrogen-bond donors (Lipinski definition) is 1. The molecule has 0 radical (unpaired) electrons. The number of pyridine rings is 1. The standard InChI is InChI=1S/C9H11NO2/c1-6-3-8(5-11)4-9(10-6)7(2)12/h3-4,11H,5H2,1-2H3. The minimum Gasteiger partial charge on any atom is -0.392 e. The molecule has 0 aliphatic carbocycles. The highest BCUT2D eigenvalue weighted by atomic mass is 16.3. The fourth-order valence-electron chi connectivity index (χ4n) is 1.01. The van der Waals surface area contributed by atoms with Crippen molar-refractivity contribution in [2.45, 2.75) is 20.5 Å². The Morgan fingerprint density at radius 2 is 2.25 bits per heavy atom. The molecule has 0 unspecified atom stereocenters. The van der Waals surface area contributed by atoms with E-state index in [1.165, 1.54) is 6.92 Å². The summed E-state index contributed by atoms with van der Waals surface area (Å²) in [6.45, 7) is 3.21. The van der Waals surface area contributed by atoms with Crippen LogP contribution in [0.2, 0.25) is 0 Å². The monoisotopic (exact) mass is 165 g/mol. The lowest BCUT2D eigenvalue weighted by molar-refractivity contribution is 0.101. The van der Waals surface area contributed by atoms with Gasteiger partial charge in [0, 0.05) is 12.6 Å². The predicted octanol–water partition coefficient (Wildman–Crippen LogP) is 1.08. The molecule has 1 aromatic heterocycles. The molecule has 0 aliphatic heterocycles. The molecule has 1 N–H and O–H groups in total. The van der Waals surface area contributed by atoms with Gasteiger partial charge < -0.3 is 5.11 Å². The zero-order valence-corrected chi connectivity index (χ0v) is 7.16. The van der Waals surface area contributed by atoms with E-state index in [-0.39, 0.29) is 12.4 Å². The Morgan fingerprint density at radius 3 is 2.75 bits per heavy atom. The number of hydrogen-bond acceptors (Lipinski definition) is 3. The smallest absolute Gasteiger partial charge is 0.178 e. The Morgan fingerprint density at radius 1 is 1.58 bits per heavy atom. The van der Waals surface area contributed by atoms with Crippen LogP contribution in [0.15, 0.2) is 12.1 Å². The lowest BCUT2D eigenvalue weighted by Gasteiger charge is -2.00. The summed E-state index contributed by atoms with van der Waals surface area (Å²) in [5.74, 6) is -0.0756. The second kappa shape index (κ2) is 3.45. The molecule has 1 heterocycles. The minimum atomic E-state index is -0.0756. The second-order valence-corrected chi connectivity index (χ2v) is 2.72. The fraction of sp³-hybridized carbons (Fsp3) is 0.333. The molecule has 0 saturated heterocycles. The van der Waals surface area contributed by atoms with Gasteiger partial charge in [0.05, 0.1) is 6.61 Å². The van der Waals surface area contributed by atoms with Gasteiger partial charge in [-0.1, -0.05) is 0 Å². The molecule has 0 atom stereocenters. The molecule has 0 aliphatic rings. The van der Waals surface area contributed by atoms with Crippen LogP contribution in [0.1, 0.15) is 28.7 Å². The van der Waals surface area contributed by atoms with E-state index in [1.54, 1.807) is 19.1 Å². The molecule has 0 saturated carbocycles. The summed E-state index contributed by atoms with van der Waals surface area (Å²) in [4.78, 5) is 14.9. The molecule has 0 aromatic carbocycles. The topological polar surface area (TPSA) is 50.2 Å². The van der Waals surface area contributed by atoms with Gasteiger partial charge >= 0.3 is 0 Å². The van der Waals surface area contributed by atoms with E-state index >= 15 is 0 Å². The quantitative estimate of drug-likeness (QED) is 0.667. The van der Waals surface area contributed by atoms with Crippen molar-refractivity contribution in [1.29, 1.82) is 0 Å². The number of ketones is 1. The first-order valence-corrected chi connectivity index (χ1v) is 3.73. The predicted molar refractivity (Wildman–Crippen MR) is 44.9 cm³/mol. The SMILES string of the molecule is CC(=O)c1cc(CO)cc(C)n1. The van der Waals surface area contributed by atoms with Crippen molar-refractivity contribution in [1.82, 2.24) is 4.98 Å². The van der Waals surface area contributed by atoms with Crippen molar-refractivity contribution < 1.29 is 9.90 Å². The Hall–Kier alpha value is -1.22. The minimum absolute atomic E-state index is 0.0519. The summed E-state index contributed by atoms with van der Waals surface area (Å²) in [6, 6.07) is 3.36. The highest BCUT2D eigenvalue weighted by molar-refractivity contribution is 5.92. The molecule has 3 nitrogen and oxygen atoms in total. The molecule has 12 heavy (non-hydrogen) atoms. The van der Waals surface area contributed by atoms with Gasteiger partial charge in [0.1, 0.15) is 5.69 Å². The third kappa shape index (κ3) is 1.89. The lowest BCUT2D eigenvalue weighted by Crippen LogP contribution is -2.00. The van der Waals surface area contributed by atoms with Crippen molar-refractivity contribution in [2.75, 3.05) is 0 Å². The average Bonchev–Trinajstić information content (AvgIpc) is 2.03. The van der Waals surface area contributed by atoms with E-state index in [0.717, 1.165) is 11.3 Å². The van der Waals surface area contributed by atoms with Crippen LogP contribution in [0.4, 0.5) is 0 Å². The summed E-state index contributed by atoms with van der Waals surface area (Å²) in [5.41, 5.74) is 1.90. The number of rotatable bonds is 2. The second-order valence-electron chi connectivity index (χ2n) is 2.72. The van der Waals surface area contributed by atoms with Crippen LogP contribution in [-0.4, -0.2) is 15.9 Å². The van der Waals surface area contributed by atoms with Crippen LogP contribution in [0.5, 0.6) is 0 Å². The average molecular weight is 165 g/mol. The van der Waals surface area contributed by atoms with Crippen molar-refractivity contribution in [3.05, 3.63) is 29.1 Å². The molecule has 1 aromatic rings. The number of carbonyl (C=O) groups is 1. The van der Waals surface area contributed by atoms with Gasteiger partial charge in [-0.3, -0.25) is 9.78 Å². The summed E-state index contributed by atoms with van der Waals surface area (Å²) in [6.07, 6.45) is 0. The number of nitrogens with zero attached hydrogens (tertiary/aromatic N) is 1. The maximum Gasteiger partial charge on any atom is 0.178 e. The molecule has 3 heteroatoms. The maximum absolute atomic E-state index is 10.9. The van der Waals surface area contributed by atoms with Crippen LogP contribution in [0.3, 0.4) is 0 Å². The highest BCUT2D eigenvalue weighted by Gasteiger charge is 2.03. The van der Waals surface area contributed by atoms with Gasteiger partial charge in [-0.25, -0.2) is 0 Å². The number of aromatic nitrogens is 1. The number of carbonyl (C=O) groups excluding carboxylic acids is 1. The molecule has 1 rings (SSSR count). The third-order valence-corrected chi connectivity index (χ3v) is 1.56. The molecule has 0 spiro atoms.